The number of nitrogens with one attached hydrogen (secondary N) is 2. The van der Waals surface area contributed by atoms with Crippen molar-refractivity contribution < 1.29 is 13.9 Å². The number of aromatic amines is 1. The molecule has 2 aromatic carbocycles. The summed E-state index contributed by atoms with van der Waals surface area (Å²) in [4.78, 5) is 20.2. The number of carbonyl (C=O) groups is 1. The van der Waals surface area contributed by atoms with Crippen molar-refractivity contribution in [3.05, 3.63) is 83.6 Å². The van der Waals surface area contributed by atoms with Crippen molar-refractivity contribution in [2.24, 2.45) is 0 Å². The lowest BCUT2D eigenvalue weighted by Crippen LogP contribution is -2.27. The summed E-state index contributed by atoms with van der Waals surface area (Å²) in [6, 6.07) is 19.7. The molecule has 0 saturated carbocycles. The van der Waals surface area contributed by atoms with E-state index in [1.807, 2.05) is 31.2 Å². The van der Waals surface area contributed by atoms with E-state index in [9.17, 15) is 4.79 Å². The number of H-pyrrole nitrogens is 1. The molecule has 0 radical (unpaired) electrons. The summed E-state index contributed by atoms with van der Waals surface area (Å²) in [6.45, 7) is 1.96. The molecule has 0 saturated heterocycles. The highest BCUT2D eigenvalue weighted by Crippen LogP contribution is 2.20. The third kappa shape index (κ3) is 3.96. The van der Waals surface area contributed by atoms with Gasteiger partial charge in [-0.25, -0.2) is 4.98 Å². The first-order chi connectivity index (χ1) is 14.1. The van der Waals surface area contributed by atoms with Gasteiger partial charge in [0.2, 0.25) is 0 Å². The van der Waals surface area contributed by atoms with E-state index in [0.29, 0.717) is 22.9 Å². The van der Waals surface area contributed by atoms with Crippen LogP contribution in [0.15, 0.2) is 65.1 Å². The molecular weight excluding hydrogens is 368 g/mol. The van der Waals surface area contributed by atoms with E-state index < -0.39 is 0 Å². The molecule has 1 atom stereocenters. The number of aromatic nitrogens is 2. The number of fused-ring (bicyclic) bond motifs is 1. The minimum absolute atomic E-state index is 0.116. The first-order valence-corrected chi connectivity index (χ1v) is 9.10. The molecule has 29 heavy (non-hydrogen) atoms. The van der Waals surface area contributed by atoms with Gasteiger partial charge in [-0.15, -0.1) is 0 Å². The Morgan fingerprint density at radius 2 is 2.00 bits per heavy atom. The van der Waals surface area contributed by atoms with Gasteiger partial charge < -0.3 is 19.5 Å². The van der Waals surface area contributed by atoms with E-state index >= 15 is 0 Å². The lowest BCUT2D eigenvalue weighted by Gasteiger charge is -2.10. The predicted octanol–water partition coefficient (Wildman–Crippen LogP) is 4.10. The molecule has 144 valence electrons. The van der Waals surface area contributed by atoms with Crippen LogP contribution in [-0.4, -0.2) is 15.9 Å². The lowest BCUT2D eigenvalue weighted by atomic mass is 10.2. The Bertz CT molecular complexity index is 1170. The van der Waals surface area contributed by atoms with Crippen LogP contribution in [0.25, 0.3) is 11.0 Å². The van der Waals surface area contributed by atoms with E-state index in [4.69, 9.17) is 14.4 Å². The largest absolute Gasteiger partial charge is 0.484 e. The number of carbonyl (C=O) groups excluding carboxylic acids is 1. The number of benzene rings is 2. The Labute approximate surface area is 166 Å². The maximum atomic E-state index is 12.5. The summed E-state index contributed by atoms with van der Waals surface area (Å²) >= 11 is 0. The lowest BCUT2D eigenvalue weighted by molar-refractivity contribution is 0.0906. The van der Waals surface area contributed by atoms with Gasteiger partial charge in [0.15, 0.2) is 5.76 Å². The Kier molecular flexibility index (Phi) is 4.99. The fourth-order valence-corrected chi connectivity index (χ4v) is 2.93. The monoisotopic (exact) mass is 386 g/mol. The fraction of sp³-hybridized carbons (Fsp3) is 0.136. The molecule has 1 amide bonds. The van der Waals surface area contributed by atoms with E-state index in [2.05, 4.69) is 21.4 Å². The van der Waals surface area contributed by atoms with Crippen LogP contribution in [0.3, 0.4) is 0 Å². The van der Waals surface area contributed by atoms with Crippen molar-refractivity contribution in [3.8, 4) is 11.8 Å². The van der Waals surface area contributed by atoms with Crippen molar-refractivity contribution in [1.82, 2.24) is 15.3 Å². The fourth-order valence-electron chi connectivity index (χ4n) is 2.93. The van der Waals surface area contributed by atoms with Gasteiger partial charge in [0.1, 0.15) is 30.0 Å². The highest BCUT2D eigenvalue weighted by Gasteiger charge is 2.17. The van der Waals surface area contributed by atoms with Crippen molar-refractivity contribution >= 4 is 16.9 Å². The molecule has 2 aromatic heterocycles. The second-order valence-corrected chi connectivity index (χ2v) is 6.50. The summed E-state index contributed by atoms with van der Waals surface area (Å²) in [7, 11) is 0. The molecule has 0 aliphatic rings. The van der Waals surface area contributed by atoms with Crippen LogP contribution in [-0.2, 0) is 6.61 Å². The predicted molar refractivity (Wildman–Crippen MR) is 106 cm³/mol. The Morgan fingerprint density at radius 1 is 1.21 bits per heavy atom. The summed E-state index contributed by atoms with van der Waals surface area (Å²) < 4.78 is 11.2. The molecule has 2 N–H and O–H groups in total. The number of imidazole rings is 1. The minimum atomic E-state index is -0.346. The Morgan fingerprint density at radius 3 is 2.83 bits per heavy atom. The van der Waals surface area contributed by atoms with Crippen molar-refractivity contribution in [1.29, 1.82) is 5.26 Å². The summed E-state index contributed by atoms with van der Waals surface area (Å²) in [5.41, 5.74) is 2.20. The van der Waals surface area contributed by atoms with Gasteiger partial charge >= 0.3 is 0 Å². The van der Waals surface area contributed by atoms with Gasteiger partial charge in [-0.1, -0.05) is 24.3 Å². The Hall–Kier alpha value is -4.05. The SMILES string of the molecule is C[C@H](NC(=O)c1ccc(COc2ccccc2C#N)o1)c1nc2ccccc2[nH]1. The number of hydrogen-bond acceptors (Lipinski definition) is 5. The summed E-state index contributed by atoms with van der Waals surface area (Å²) in [6.07, 6.45) is 0. The molecule has 4 aromatic rings. The maximum Gasteiger partial charge on any atom is 0.287 e. The zero-order chi connectivity index (χ0) is 20.2. The molecule has 2 heterocycles. The zero-order valence-corrected chi connectivity index (χ0v) is 15.7. The number of amides is 1. The van der Waals surface area contributed by atoms with Gasteiger partial charge in [-0.3, -0.25) is 4.79 Å². The number of rotatable bonds is 6. The first kappa shape index (κ1) is 18.3. The molecule has 0 bridgehead atoms. The van der Waals surface area contributed by atoms with Gasteiger partial charge in [-0.05, 0) is 43.3 Å². The molecule has 0 aliphatic heterocycles. The van der Waals surface area contributed by atoms with Gasteiger partial charge in [0, 0.05) is 0 Å². The van der Waals surface area contributed by atoms with Gasteiger partial charge in [-0.2, -0.15) is 5.26 Å². The molecule has 0 unspecified atom stereocenters. The van der Waals surface area contributed by atoms with Gasteiger partial charge in [0.25, 0.3) is 5.91 Å². The third-order valence-electron chi connectivity index (χ3n) is 4.43. The zero-order valence-electron chi connectivity index (χ0n) is 15.7. The number of ether oxygens (including phenoxy) is 1. The molecular formula is C22H18N4O3. The summed E-state index contributed by atoms with van der Waals surface area (Å²) in [5.74, 6) is 1.46. The van der Waals surface area contributed by atoms with Crippen LogP contribution in [0.2, 0.25) is 0 Å². The molecule has 4 rings (SSSR count). The highest BCUT2D eigenvalue weighted by molar-refractivity contribution is 5.91. The van der Waals surface area contributed by atoms with Crippen LogP contribution < -0.4 is 10.1 Å². The van der Waals surface area contributed by atoms with E-state index in [0.717, 1.165) is 11.0 Å². The number of para-hydroxylation sites is 3. The third-order valence-corrected chi connectivity index (χ3v) is 4.43. The van der Waals surface area contributed by atoms with Crippen LogP contribution in [0.5, 0.6) is 5.75 Å². The molecule has 0 spiro atoms. The highest BCUT2D eigenvalue weighted by atomic mass is 16.5. The van der Waals surface area contributed by atoms with E-state index in [1.54, 1.807) is 36.4 Å². The van der Waals surface area contributed by atoms with Gasteiger partial charge in [0.05, 0.1) is 22.6 Å². The smallest absolute Gasteiger partial charge is 0.287 e. The van der Waals surface area contributed by atoms with Crippen LogP contribution >= 0.6 is 0 Å². The number of furan rings is 1. The second kappa shape index (κ2) is 7.90. The molecule has 7 nitrogen and oxygen atoms in total. The second-order valence-electron chi connectivity index (χ2n) is 6.50. The molecule has 7 heteroatoms. The standard InChI is InChI=1S/C22H18N4O3/c1-14(21-25-17-7-3-4-8-18(17)26-21)24-22(27)20-11-10-16(29-20)13-28-19-9-5-2-6-15(19)12-23/h2-11,14H,13H2,1H3,(H,24,27)(H,25,26)/t14-/m0/s1. The van der Waals surface area contributed by atoms with E-state index in [1.165, 1.54) is 0 Å². The minimum Gasteiger partial charge on any atom is -0.484 e. The molecule has 0 fully saturated rings. The average Bonchev–Trinajstić information content (AvgIpc) is 3.39. The quantitative estimate of drug-likeness (QED) is 0.519. The average molecular weight is 386 g/mol. The summed E-state index contributed by atoms with van der Waals surface area (Å²) in [5, 5.41) is 12.0. The van der Waals surface area contributed by atoms with E-state index in [-0.39, 0.29) is 24.3 Å². The Balaban J connectivity index is 1.39. The van der Waals surface area contributed by atoms with Crippen LogP contribution in [0.4, 0.5) is 0 Å². The normalized spacial score (nSPS) is 11.7. The van der Waals surface area contributed by atoms with Crippen molar-refractivity contribution in [3.63, 3.8) is 0 Å². The first-order valence-electron chi connectivity index (χ1n) is 9.10. The van der Waals surface area contributed by atoms with Crippen LogP contribution in [0, 0.1) is 11.3 Å². The number of nitrogens with zero attached hydrogens (tertiary/aromatic N) is 2. The maximum absolute atomic E-state index is 12.5. The topological polar surface area (TPSA) is 104 Å². The van der Waals surface area contributed by atoms with Crippen molar-refractivity contribution in [2.45, 2.75) is 19.6 Å². The number of hydrogen-bond donors (Lipinski definition) is 2. The number of nitriles is 1. The van der Waals surface area contributed by atoms with Crippen LogP contribution in [0.1, 0.15) is 40.7 Å². The van der Waals surface area contributed by atoms with Crippen molar-refractivity contribution in [2.75, 3.05) is 0 Å². The molecule has 0 aliphatic carbocycles.